The molecule has 6 nitrogen and oxygen atoms in total. The van der Waals surface area contributed by atoms with Crippen LogP contribution >= 0.6 is 22.7 Å². The summed E-state index contributed by atoms with van der Waals surface area (Å²) in [5.41, 5.74) is 2.36. The lowest BCUT2D eigenvalue weighted by Gasteiger charge is -2.00. The standard InChI is InChI=1S/C18H16FN5OS2/c1-9(2)16-22-23-17(27-16)21-15(25)14-10(3)24-8-13(20-18(24)26-14)11-4-6-12(19)7-5-11/h4-9H,1-3H3,(H,21,23,25). The molecule has 4 rings (SSSR count). The minimum atomic E-state index is -0.285. The molecule has 0 unspecified atom stereocenters. The molecule has 0 aliphatic carbocycles. The Balaban J connectivity index is 1.60. The Hall–Kier alpha value is -2.65. The normalized spacial score (nSPS) is 11.4. The third kappa shape index (κ3) is 3.35. The number of rotatable bonds is 4. The van der Waals surface area contributed by atoms with Gasteiger partial charge in [0.2, 0.25) is 5.13 Å². The number of aromatic nitrogens is 4. The van der Waals surface area contributed by atoms with Crippen molar-refractivity contribution < 1.29 is 9.18 Å². The second-order valence-electron chi connectivity index (χ2n) is 6.36. The highest BCUT2D eigenvalue weighted by Gasteiger charge is 2.20. The third-order valence-corrected chi connectivity index (χ3v) is 6.35. The molecule has 1 amide bonds. The number of nitrogens with zero attached hydrogens (tertiary/aromatic N) is 4. The van der Waals surface area contributed by atoms with Gasteiger partial charge in [-0.2, -0.15) is 0 Å². The van der Waals surface area contributed by atoms with Crippen molar-refractivity contribution in [3.8, 4) is 11.3 Å². The number of hydrogen-bond acceptors (Lipinski definition) is 6. The number of aryl methyl sites for hydroxylation is 1. The summed E-state index contributed by atoms with van der Waals surface area (Å²) in [6, 6.07) is 6.18. The number of nitrogens with one attached hydrogen (secondary N) is 1. The van der Waals surface area contributed by atoms with Crippen LogP contribution in [0.1, 0.15) is 40.1 Å². The largest absolute Gasteiger partial charge is 0.296 e. The Labute approximate surface area is 162 Å². The average Bonchev–Trinajstić information content (AvgIpc) is 3.32. The summed E-state index contributed by atoms with van der Waals surface area (Å²) < 4.78 is 15.0. The van der Waals surface area contributed by atoms with Crippen LogP contribution in [-0.4, -0.2) is 25.5 Å². The molecule has 4 aromatic rings. The van der Waals surface area contributed by atoms with E-state index >= 15 is 0 Å². The molecule has 9 heteroatoms. The number of halogens is 1. The molecule has 0 fully saturated rings. The first kappa shape index (κ1) is 17.7. The summed E-state index contributed by atoms with van der Waals surface area (Å²) >= 11 is 2.68. The number of carbonyl (C=O) groups is 1. The number of fused-ring (bicyclic) bond motifs is 1. The van der Waals surface area contributed by atoms with Gasteiger partial charge in [-0.15, -0.1) is 10.2 Å². The van der Waals surface area contributed by atoms with Crippen molar-refractivity contribution in [2.24, 2.45) is 0 Å². The lowest BCUT2D eigenvalue weighted by molar-refractivity contribution is 0.102. The lowest BCUT2D eigenvalue weighted by Crippen LogP contribution is -2.11. The second kappa shape index (κ2) is 6.82. The smallest absolute Gasteiger partial charge is 0.269 e. The number of thiazole rings is 1. The van der Waals surface area contributed by atoms with Gasteiger partial charge < -0.3 is 0 Å². The van der Waals surface area contributed by atoms with Crippen LogP contribution in [0.3, 0.4) is 0 Å². The van der Waals surface area contributed by atoms with Crippen LogP contribution in [0.2, 0.25) is 0 Å². The molecule has 0 aliphatic heterocycles. The fraction of sp³-hybridized carbons (Fsp3) is 0.222. The number of benzene rings is 1. The van der Waals surface area contributed by atoms with Crippen LogP contribution in [0.4, 0.5) is 9.52 Å². The van der Waals surface area contributed by atoms with E-state index in [1.165, 1.54) is 34.8 Å². The maximum absolute atomic E-state index is 13.1. The molecule has 3 heterocycles. The highest BCUT2D eigenvalue weighted by molar-refractivity contribution is 7.19. The average molecular weight is 401 g/mol. The summed E-state index contributed by atoms with van der Waals surface area (Å²) in [4.78, 5) is 18.5. The maximum atomic E-state index is 13.1. The van der Waals surface area contributed by atoms with Crippen LogP contribution in [0.15, 0.2) is 30.5 Å². The zero-order valence-electron chi connectivity index (χ0n) is 14.9. The van der Waals surface area contributed by atoms with E-state index in [1.807, 2.05) is 31.4 Å². The van der Waals surface area contributed by atoms with E-state index in [0.29, 0.717) is 15.0 Å². The molecule has 0 radical (unpaired) electrons. The first-order chi connectivity index (χ1) is 12.9. The first-order valence-corrected chi connectivity index (χ1v) is 9.95. The monoisotopic (exact) mass is 401 g/mol. The van der Waals surface area contributed by atoms with Crippen molar-refractivity contribution in [2.45, 2.75) is 26.7 Å². The fourth-order valence-corrected chi connectivity index (χ4v) is 4.34. The van der Waals surface area contributed by atoms with Crippen molar-refractivity contribution in [1.29, 1.82) is 0 Å². The number of imidazole rings is 1. The summed E-state index contributed by atoms with van der Waals surface area (Å²) in [6.45, 7) is 5.93. The highest BCUT2D eigenvalue weighted by atomic mass is 32.1. The van der Waals surface area contributed by atoms with Gasteiger partial charge in [0, 0.05) is 23.4 Å². The number of hydrogen-bond donors (Lipinski definition) is 1. The van der Waals surface area contributed by atoms with Gasteiger partial charge in [0.25, 0.3) is 5.91 Å². The van der Waals surface area contributed by atoms with Gasteiger partial charge in [0.1, 0.15) is 15.7 Å². The number of amides is 1. The SMILES string of the molecule is Cc1c(C(=O)Nc2nnc(C(C)C)s2)sc2nc(-c3ccc(F)cc3)cn12. The molecule has 1 N–H and O–H groups in total. The molecule has 0 spiro atoms. The zero-order valence-corrected chi connectivity index (χ0v) is 16.5. The van der Waals surface area contributed by atoms with E-state index < -0.39 is 0 Å². The molecule has 138 valence electrons. The fourth-order valence-electron chi connectivity index (χ4n) is 2.59. The van der Waals surface area contributed by atoms with Crippen molar-refractivity contribution in [2.75, 3.05) is 5.32 Å². The summed E-state index contributed by atoms with van der Waals surface area (Å²) in [5.74, 6) is -0.241. The number of carbonyl (C=O) groups excluding carboxylic acids is 1. The Morgan fingerprint density at radius 1 is 1.19 bits per heavy atom. The van der Waals surface area contributed by atoms with Crippen LogP contribution in [0.5, 0.6) is 0 Å². The van der Waals surface area contributed by atoms with Crippen molar-refractivity contribution in [3.63, 3.8) is 0 Å². The Bertz CT molecular complexity index is 1130. The molecular formula is C18H16FN5OS2. The van der Waals surface area contributed by atoms with Crippen LogP contribution in [0.25, 0.3) is 16.2 Å². The van der Waals surface area contributed by atoms with Gasteiger partial charge in [-0.1, -0.05) is 36.5 Å². The Morgan fingerprint density at radius 2 is 1.93 bits per heavy atom. The predicted molar refractivity (Wildman–Crippen MR) is 105 cm³/mol. The molecule has 0 atom stereocenters. The minimum absolute atomic E-state index is 0.224. The van der Waals surface area contributed by atoms with Gasteiger partial charge in [-0.3, -0.25) is 14.5 Å². The summed E-state index contributed by atoms with van der Waals surface area (Å²) in [7, 11) is 0. The predicted octanol–water partition coefficient (Wildman–Crippen LogP) is 4.74. The van der Waals surface area contributed by atoms with E-state index in [2.05, 4.69) is 20.5 Å². The van der Waals surface area contributed by atoms with Crippen molar-refractivity contribution in [1.82, 2.24) is 19.6 Å². The van der Waals surface area contributed by atoms with Crippen LogP contribution in [-0.2, 0) is 0 Å². The molecule has 0 saturated carbocycles. The molecule has 27 heavy (non-hydrogen) atoms. The van der Waals surface area contributed by atoms with Crippen LogP contribution < -0.4 is 5.32 Å². The van der Waals surface area contributed by atoms with Crippen molar-refractivity contribution in [3.05, 3.63) is 51.9 Å². The van der Waals surface area contributed by atoms with E-state index in [1.54, 1.807) is 12.1 Å². The van der Waals surface area contributed by atoms with Gasteiger partial charge in [-0.05, 0) is 31.2 Å². The minimum Gasteiger partial charge on any atom is -0.296 e. The first-order valence-electron chi connectivity index (χ1n) is 8.31. The van der Waals surface area contributed by atoms with E-state index in [4.69, 9.17) is 0 Å². The molecule has 0 bridgehead atoms. The molecule has 1 aromatic carbocycles. The topological polar surface area (TPSA) is 72.2 Å². The molecule has 0 saturated heterocycles. The van der Waals surface area contributed by atoms with Gasteiger partial charge in [0.15, 0.2) is 4.96 Å². The zero-order chi connectivity index (χ0) is 19.1. The quantitative estimate of drug-likeness (QED) is 0.536. The maximum Gasteiger partial charge on any atom is 0.269 e. The third-order valence-electron chi connectivity index (χ3n) is 4.06. The molecule has 0 aliphatic rings. The Morgan fingerprint density at radius 3 is 2.56 bits per heavy atom. The highest BCUT2D eigenvalue weighted by Crippen LogP contribution is 2.29. The Kier molecular flexibility index (Phi) is 4.48. The number of anilines is 1. The second-order valence-corrected chi connectivity index (χ2v) is 8.34. The van der Waals surface area contributed by atoms with E-state index in [0.717, 1.165) is 22.0 Å². The molecule has 3 aromatic heterocycles. The van der Waals surface area contributed by atoms with E-state index in [-0.39, 0.29) is 17.6 Å². The summed E-state index contributed by atoms with van der Waals surface area (Å²) in [6.07, 6.45) is 1.85. The van der Waals surface area contributed by atoms with Gasteiger partial charge >= 0.3 is 0 Å². The molecular weight excluding hydrogens is 385 g/mol. The van der Waals surface area contributed by atoms with Crippen molar-refractivity contribution >= 4 is 38.7 Å². The van der Waals surface area contributed by atoms with Gasteiger partial charge in [-0.25, -0.2) is 9.37 Å². The van der Waals surface area contributed by atoms with Gasteiger partial charge in [0.05, 0.1) is 5.69 Å². The van der Waals surface area contributed by atoms with Crippen LogP contribution in [0, 0.1) is 12.7 Å². The lowest BCUT2D eigenvalue weighted by atomic mass is 10.2. The van der Waals surface area contributed by atoms with E-state index in [9.17, 15) is 9.18 Å². The summed E-state index contributed by atoms with van der Waals surface area (Å²) in [5, 5.41) is 12.3.